The third kappa shape index (κ3) is 3.68. The van der Waals surface area contributed by atoms with Crippen molar-refractivity contribution < 1.29 is 18.0 Å². The fraction of sp³-hybridized carbons (Fsp3) is 0.167. The van der Waals surface area contributed by atoms with Crippen LogP contribution in [0.25, 0.3) is 22.2 Å². The Kier molecular flexibility index (Phi) is 4.94. The van der Waals surface area contributed by atoms with Crippen molar-refractivity contribution >= 4 is 28.6 Å². The lowest BCUT2D eigenvalue weighted by molar-refractivity contribution is 0.0717. The summed E-state index contributed by atoms with van der Waals surface area (Å²) in [4.78, 5) is 19.4. The Balaban J connectivity index is 1.46. The van der Waals surface area contributed by atoms with Crippen molar-refractivity contribution in [2.75, 3.05) is 6.54 Å². The summed E-state index contributed by atoms with van der Waals surface area (Å²) in [5.41, 5.74) is 2.99. The molecule has 1 atom stereocenters. The zero-order valence-electron chi connectivity index (χ0n) is 16.3. The van der Waals surface area contributed by atoms with Crippen LogP contribution in [-0.4, -0.2) is 22.3 Å². The molecule has 1 aromatic heterocycles. The van der Waals surface area contributed by atoms with Crippen molar-refractivity contribution in [3.05, 3.63) is 88.8 Å². The molecule has 4 aromatic rings. The van der Waals surface area contributed by atoms with Crippen molar-refractivity contribution in [1.29, 1.82) is 0 Å². The average molecular weight is 439 g/mol. The van der Waals surface area contributed by atoms with Gasteiger partial charge in [-0.2, -0.15) is 0 Å². The van der Waals surface area contributed by atoms with Gasteiger partial charge in [-0.15, -0.1) is 0 Å². The second kappa shape index (κ2) is 7.78. The summed E-state index contributed by atoms with van der Waals surface area (Å²) in [6.45, 7) is 0.616. The Morgan fingerprint density at radius 3 is 2.52 bits per heavy atom. The van der Waals surface area contributed by atoms with E-state index >= 15 is 0 Å². The van der Waals surface area contributed by atoms with Crippen LogP contribution in [0.15, 0.2) is 65.1 Å². The van der Waals surface area contributed by atoms with Gasteiger partial charge in [0.2, 0.25) is 5.89 Å². The molecule has 0 radical (unpaired) electrons. The molecule has 0 aliphatic carbocycles. The zero-order valence-corrected chi connectivity index (χ0v) is 17.1. The molecule has 0 spiro atoms. The molecule has 2 heterocycles. The average Bonchev–Trinajstić information content (AvgIpc) is 3.42. The highest BCUT2D eigenvalue weighted by molar-refractivity contribution is 6.30. The first-order valence-corrected chi connectivity index (χ1v) is 10.3. The number of aromatic nitrogens is 1. The number of rotatable bonds is 3. The fourth-order valence-electron chi connectivity index (χ4n) is 3.97. The van der Waals surface area contributed by atoms with Crippen molar-refractivity contribution in [1.82, 2.24) is 9.88 Å². The largest absolute Gasteiger partial charge is 0.438 e. The smallest absolute Gasteiger partial charge is 0.254 e. The molecule has 0 bridgehead atoms. The molecular formula is C24H17ClF2N2O2. The number of nitrogens with zero attached hydrogens (tertiary/aromatic N) is 2. The Labute approximate surface area is 182 Å². The minimum atomic E-state index is -0.902. The number of carbonyl (C=O) groups is 1. The molecule has 0 N–H and O–H groups in total. The van der Waals surface area contributed by atoms with Crippen molar-refractivity contribution in [3.8, 4) is 11.1 Å². The minimum Gasteiger partial charge on any atom is -0.438 e. The molecule has 0 unspecified atom stereocenters. The third-order valence-electron chi connectivity index (χ3n) is 5.55. The van der Waals surface area contributed by atoms with Gasteiger partial charge in [0.15, 0.2) is 17.2 Å². The molecular weight excluding hydrogens is 422 g/mol. The normalized spacial score (nSPS) is 16.2. The van der Waals surface area contributed by atoms with Gasteiger partial charge < -0.3 is 9.32 Å². The Bertz CT molecular complexity index is 1290. The van der Waals surface area contributed by atoms with E-state index < -0.39 is 11.6 Å². The summed E-state index contributed by atoms with van der Waals surface area (Å²) in [5, 5.41) is 0.574. The van der Waals surface area contributed by atoms with Gasteiger partial charge in [-0.25, -0.2) is 13.8 Å². The van der Waals surface area contributed by atoms with Gasteiger partial charge in [0.05, 0.1) is 0 Å². The number of likely N-dealkylation sites (tertiary alicyclic amines) is 1. The highest BCUT2D eigenvalue weighted by Crippen LogP contribution is 2.35. The Morgan fingerprint density at radius 1 is 1.00 bits per heavy atom. The molecule has 7 heteroatoms. The van der Waals surface area contributed by atoms with E-state index in [1.807, 2.05) is 0 Å². The third-order valence-corrected chi connectivity index (χ3v) is 5.80. The van der Waals surface area contributed by atoms with Crippen molar-refractivity contribution in [2.24, 2.45) is 0 Å². The maximum absolute atomic E-state index is 13.6. The number of halogens is 3. The Morgan fingerprint density at radius 2 is 1.74 bits per heavy atom. The van der Waals surface area contributed by atoms with Gasteiger partial charge in [-0.05, 0) is 72.5 Å². The lowest BCUT2D eigenvalue weighted by Crippen LogP contribution is -2.30. The van der Waals surface area contributed by atoms with Gasteiger partial charge in [0, 0.05) is 17.1 Å². The van der Waals surface area contributed by atoms with Gasteiger partial charge in [0.1, 0.15) is 11.6 Å². The van der Waals surface area contributed by atoms with Gasteiger partial charge >= 0.3 is 0 Å². The number of oxazole rings is 1. The summed E-state index contributed by atoms with van der Waals surface area (Å²) in [6.07, 6.45) is 1.60. The van der Waals surface area contributed by atoms with E-state index in [4.69, 9.17) is 16.0 Å². The monoisotopic (exact) mass is 438 g/mol. The molecule has 156 valence electrons. The number of fused-ring (bicyclic) bond motifs is 1. The molecule has 1 saturated heterocycles. The molecule has 0 saturated carbocycles. The summed E-state index contributed by atoms with van der Waals surface area (Å²) >= 11 is 5.93. The molecule has 3 aromatic carbocycles. The van der Waals surface area contributed by atoms with Crippen LogP contribution in [0, 0.1) is 11.6 Å². The number of benzene rings is 3. The summed E-state index contributed by atoms with van der Waals surface area (Å²) in [5.74, 6) is -1.41. The van der Waals surface area contributed by atoms with Crippen LogP contribution in [-0.2, 0) is 0 Å². The van der Waals surface area contributed by atoms with E-state index in [-0.39, 0.29) is 11.9 Å². The highest BCUT2D eigenvalue weighted by Gasteiger charge is 2.34. The highest BCUT2D eigenvalue weighted by atomic mass is 35.5. The maximum Gasteiger partial charge on any atom is 0.254 e. The molecule has 5 rings (SSSR count). The number of hydrogen-bond donors (Lipinski definition) is 0. The second-order valence-electron chi connectivity index (χ2n) is 7.53. The molecule has 1 amide bonds. The molecule has 1 fully saturated rings. The summed E-state index contributed by atoms with van der Waals surface area (Å²) < 4.78 is 32.8. The van der Waals surface area contributed by atoms with E-state index in [2.05, 4.69) is 4.98 Å². The first-order valence-electron chi connectivity index (χ1n) is 9.92. The summed E-state index contributed by atoms with van der Waals surface area (Å²) in [7, 11) is 0. The SMILES string of the molecule is O=C(c1ccc(Cl)cc1)N1CCC[C@@H]1c1nc2cc(-c3ccc(F)c(F)c3)ccc2o1. The van der Waals surface area contributed by atoms with Crippen LogP contribution in [0.1, 0.15) is 35.1 Å². The lowest BCUT2D eigenvalue weighted by atomic mass is 10.1. The zero-order chi connectivity index (χ0) is 21.5. The quantitative estimate of drug-likeness (QED) is 0.371. The number of carbonyl (C=O) groups excluding carboxylic acids is 1. The Hall–Kier alpha value is -3.25. The fourth-order valence-corrected chi connectivity index (χ4v) is 4.09. The van der Waals surface area contributed by atoms with Crippen LogP contribution in [0.5, 0.6) is 0 Å². The molecule has 31 heavy (non-hydrogen) atoms. The number of hydrogen-bond acceptors (Lipinski definition) is 3. The minimum absolute atomic E-state index is 0.0936. The first kappa shape index (κ1) is 19.7. The van der Waals surface area contributed by atoms with Gasteiger partial charge in [-0.3, -0.25) is 4.79 Å². The topological polar surface area (TPSA) is 46.3 Å². The van der Waals surface area contributed by atoms with Crippen LogP contribution in [0.2, 0.25) is 5.02 Å². The van der Waals surface area contributed by atoms with E-state index in [0.29, 0.717) is 45.2 Å². The lowest BCUT2D eigenvalue weighted by Gasteiger charge is -2.22. The first-order chi connectivity index (χ1) is 15.0. The molecule has 4 nitrogen and oxygen atoms in total. The predicted octanol–water partition coefficient (Wildman–Crippen LogP) is 6.40. The predicted molar refractivity (Wildman–Crippen MR) is 114 cm³/mol. The molecule has 1 aliphatic heterocycles. The van der Waals surface area contributed by atoms with Crippen LogP contribution >= 0.6 is 11.6 Å². The second-order valence-corrected chi connectivity index (χ2v) is 7.96. The van der Waals surface area contributed by atoms with E-state index in [1.54, 1.807) is 47.4 Å². The van der Waals surface area contributed by atoms with Crippen molar-refractivity contribution in [3.63, 3.8) is 0 Å². The van der Waals surface area contributed by atoms with E-state index in [9.17, 15) is 13.6 Å². The maximum atomic E-state index is 13.6. The van der Waals surface area contributed by atoms with E-state index in [0.717, 1.165) is 25.0 Å². The van der Waals surface area contributed by atoms with Crippen molar-refractivity contribution in [2.45, 2.75) is 18.9 Å². The standard InChI is InChI=1S/C24H17ClF2N2O2/c25-17-7-3-14(4-8-17)24(30)29-11-1-2-21(29)23-28-20-13-16(6-10-22(20)31-23)15-5-9-18(26)19(27)12-15/h3-10,12-13,21H,1-2,11H2/t21-/m1/s1. The number of amides is 1. The van der Waals surface area contributed by atoms with Gasteiger partial charge in [0.25, 0.3) is 5.91 Å². The molecule has 1 aliphatic rings. The van der Waals surface area contributed by atoms with Crippen LogP contribution in [0.4, 0.5) is 8.78 Å². The van der Waals surface area contributed by atoms with Gasteiger partial charge in [-0.1, -0.05) is 23.7 Å². The van der Waals surface area contributed by atoms with E-state index in [1.165, 1.54) is 6.07 Å². The van der Waals surface area contributed by atoms with Crippen LogP contribution in [0.3, 0.4) is 0 Å². The summed E-state index contributed by atoms with van der Waals surface area (Å²) in [6, 6.07) is 15.6. The van der Waals surface area contributed by atoms with Crippen LogP contribution < -0.4 is 0 Å².